The lowest BCUT2D eigenvalue weighted by atomic mass is 9.97. The van der Waals surface area contributed by atoms with Gasteiger partial charge in [-0.3, -0.25) is 9.59 Å². The third-order valence-electron chi connectivity index (χ3n) is 4.44. The molecule has 0 saturated heterocycles. The average Bonchev–Trinajstić information content (AvgIpc) is 2.61. The Balaban J connectivity index is 0.000000277. The van der Waals surface area contributed by atoms with Crippen LogP contribution in [0.1, 0.15) is 61.8 Å². The van der Waals surface area contributed by atoms with Crippen LogP contribution in [-0.4, -0.2) is 22.2 Å². The van der Waals surface area contributed by atoms with Crippen molar-refractivity contribution < 1.29 is 19.8 Å². The smallest absolute Gasteiger partial charge is 0.310 e. The van der Waals surface area contributed by atoms with Gasteiger partial charge in [0.25, 0.3) is 0 Å². The standard InChI is InChI=1S/C13H18O2.C10H12O2/c1-9(2)8-11-4-6-12(7-5-11)10(3)13(14)15;1-7-3-5-9(6-4-7)8(2)10(11)12/h4-7,9-10H,8H2,1-3H3,(H,14,15);3-6,8H,1-2H3,(H,11,12). The number of aliphatic carboxylic acids is 2. The second kappa shape index (κ2) is 10.5. The third kappa shape index (κ3) is 7.65. The van der Waals surface area contributed by atoms with Gasteiger partial charge in [0.05, 0.1) is 11.8 Å². The Morgan fingerprint density at radius 2 is 1.11 bits per heavy atom. The second-order valence-corrected chi connectivity index (χ2v) is 7.37. The Hall–Kier alpha value is -2.62. The molecule has 146 valence electrons. The molecule has 0 aliphatic heterocycles. The van der Waals surface area contributed by atoms with Gasteiger partial charge in [-0.05, 0) is 49.8 Å². The maximum atomic E-state index is 10.8. The Kier molecular flexibility index (Phi) is 8.73. The highest BCUT2D eigenvalue weighted by Crippen LogP contribution is 2.17. The van der Waals surface area contributed by atoms with Crippen molar-refractivity contribution in [3.63, 3.8) is 0 Å². The summed E-state index contributed by atoms with van der Waals surface area (Å²) in [6.45, 7) is 9.73. The van der Waals surface area contributed by atoms with Crippen LogP contribution in [0.4, 0.5) is 0 Å². The molecule has 4 nitrogen and oxygen atoms in total. The first-order valence-corrected chi connectivity index (χ1v) is 9.22. The van der Waals surface area contributed by atoms with Crippen molar-refractivity contribution in [2.24, 2.45) is 5.92 Å². The zero-order chi connectivity index (χ0) is 20.6. The van der Waals surface area contributed by atoms with Crippen molar-refractivity contribution in [3.8, 4) is 0 Å². The Morgan fingerprint density at radius 3 is 1.44 bits per heavy atom. The topological polar surface area (TPSA) is 74.6 Å². The molecule has 2 N–H and O–H groups in total. The normalized spacial score (nSPS) is 12.7. The first-order valence-electron chi connectivity index (χ1n) is 9.22. The molecule has 0 amide bonds. The van der Waals surface area contributed by atoms with Gasteiger partial charge in [0.2, 0.25) is 0 Å². The van der Waals surface area contributed by atoms with Crippen LogP contribution < -0.4 is 0 Å². The van der Waals surface area contributed by atoms with E-state index in [1.807, 2.05) is 55.5 Å². The van der Waals surface area contributed by atoms with Crippen molar-refractivity contribution >= 4 is 11.9 Å². The Bertz CT molecular complexity index is 730. The summed E-state index contributed by atoms with van der Waals surface area (Å²) in [5.74, 6) is -1.75. The van der Waals surface area contributed by atoms with Crippen LogP contribution in [-0.2, 0) is 16.0 Å². The Morgan fingerprint density at radius 1 is 0.741 bits per heavy atom. The molecular weight excluding hydrogens is 340 g/mol. The van der Waals surface area contributed by atoms with Crippen LogP contribution in [0.5, 0.6) is 0 Å². The quantitative estimate of drug-likeness (QED) is 0.727. The third-order valence-corrected chi connectivity index (χ3v) is 4.44. The fourth-order valence-electron chi connectivity index (χ4n) is 2.55. The molecule has 0 fully saturated rings. The molecule has 2 atom stereocenters. The predicted molar refractivity (Wildman–Crippen MR) is 108 cm³/mol. The van der Waals surface area contributed by atoms with Crippen LogP contribution in [0.2, 0.25) is 0 Å². The van der Waals surface area contributed by atoms with Gasteiger partial charge < -0.3 is 10.2 Å². The van der Waals surface area contributed by atoms with Gasteiger partial charge in [0, 0.05) is 0 Å². The number of rotatable bonds is 6. The molecule has 0 heterocycles. The highest BCUT2D eigenvalue weighted by Gasteiger charge is 2.13. The van der Waals surface area contributed by atoms with Crippen LogP contribution >= 0.6 is 0 Å². The van der Waals surface area contributed by atoms with Crippen molar-refractivity contribution in [1.82, 2.24) is 0 Å². The van der Waals surface area contributed by atoms with E-state index in [1.54, 1.807) is 13.8 Å². The lowest BCUT2D eigenvalue weighted by molar-refractivity contribution is -0.139. The van der Waals surface area contributed by atoms with E-state index in [2.05, 4.69) is 13.8 Å². The number of carboxylic acids is 2. The summed E-state index contributed by atoms with van der Waals surface area (Å²) in [5, 5.41) is 17.6. The maximum Gasteiger partial charge on any atom is 0.310 e. The zero-order valence-electron chi connectivity index (χ0n) is 16.8. The fourth-order valence-corrected chi connectivity index (χ4v) is 2.55. The molecule has 0 aromatic heterocycles. The lowest BCUT2D eigenvalue weighted by Crippen LogP contribution is -2.07. The zero-order valence-corrected chi connectivity index (χ0v) is 16.8. The minimum absolute atomic E-state index is 0.411. The molecule has 2 aromatic carbocycles. The molecule has 0 aliphatic carbocycles. The molecule has 2 aromatic rings. The Labute approximate surface area is 161 Å². The number of aryl methyl sites for hydroxylation is 1. The largest absolute Gasteiger partial charge is 0.481 e. The van der Waals surface area contributed by atoms with Gasteiger partial charge in [-0.2, -0.15) is 0 Å². The van der Waals surface area contributed by atoms with Gasteiger partial charge in [0.15, 0.2) is 0 Å². The summed E-state index contributed by atoms with van der Waals surface area (Å²) in [6, 6.07) is 15.4. The van der Waals surface area contributed by atoms with Gasteiger partial charge in [-0.25, -0.2) is 0 Å². The van der Waals surface area contributed by atoms with E-state index in [4.69, 9.17) is 10.2 Å². The molecule has 0 radical (unpaired) electrons. The lowest BCUT2D eigenvalue weighted by Gasteiger charge is -2.09. The first-order chi connectivity index (χ1) is 12.6. The number of hydrogen-bond acceptors (Lipinski definition) is 2. The number of carbonyl (C=O) groups is 2. The summed E-state index contributed by atoms with van der Waals surface area (Å²) in [5.41, 5.74) is 4.14. The van der Waals surface area contributed by atoms with Crippen LogP contribution in [0.3, 0.4) is 0 Å². The minimum atomic E-state index is -0.779. The van der Waals surface area contributed by atoms with Crippen molar-refractivity contribution in [1.29, 1.82) is 0 Å². The highest BCUT2D eigenvalue weighted by molar-refractivity contribution is 5.75. The number of carboxylic acid groups (broad SMARTS) is 2. The van der Waals surface area contributed by atoms with E-state index in [9.17, 15) is 9.59 Å². The molecule has 0 aliphatic rings. The summed E-state index contributed by atoms with van der Waals surface area (Å²) in [4.78, 5) is 21.3. The van der Waals surface area contributed by atoms with E-state index in [-0.39, 0.29) is 0 Å². The van der Waals surface area contributed by atoms with E-state index >= 15 is 0 Å². The van der Waals surface area contributed by atoms with E-state index in [0.717, 1.165) is 23.1 Å². The molecule has 0 bridgehead atoms. The SMILES string of the molecule is CC(C)Cc1ccc(C(C)C(=O)O)cc1.Cc1ccc(C(C)C(=O)O)cc1. The van der Waals surface area contributed by atoms with Gasteiger partial charge in [0.1, 0.15) is 0 Å². The minimum Gasteiger partial charge on any atom is -0.481 e. The van der Waals surface area contributed by atoms with Crippen molar-refractivity contribution in [2.75, 3.05) is 0 Å². The second-order valence-electron chi connectivity index (χ2n) is 7.37. The van der Waals surface area contributed by atoms with Gasteiger partial charge in [-0.15, -0.1) is 0 Å². The highest BCUT2D eigenvalue weighted by atomic mass is 16.4. The van der Waals surface area contributed by atoms with Crippen LogP contribution in [0.15, 0.2) is 48.5 Å². The molecule has 4 heteroatoms. The van der Waals surface area contributed by atoms with Crippen LogP contribution in [0.25, 0.3) is 0 Å². The van der Waals surface area contributed by atoms with E-state index in [1.165, 1.54) is 5.56 Å². The number of benzene rings is 2. The van der Waals surface area contributed by atoms with E-state index < -0.39 is 23.8 Å². The monoisotopic (exact) mass is 370 g/mol. The molecule has 0 saturated carbocycles. The molecule has 27 heavy (non-hydrogen) atoms. The van der Waals surface area contributed by atoms with Gasteiger partial charge >= 0.3 is 11.9 Å². The van der Waals surface area contributed by atoms with Crippen LogP contribution in [0, 0.1) is 12.8 Å². The summed E-state index contributed by atoms with van der Waals surface area (Å²) < 4.78 is 0. The summed E-state index contributed by atoms with van der Waals surface area (Å²) >= 11 is 0. The molecule has 0 spiro atoms. The molecule has 2 rings (SSSR count). The summed E-state index contributed by atoms with van der Waals surface area (Å²) in [6.07, 6.45) is 1.04. The maximum absolute atomic E-state index is 10.8. The predicted octanol–water partition coefficient (Wildman–Crippen LogP) is 5.26. The van der Waals surface area contributed by atoms with Crippen molar-refractivity contribution in [2.45, 2.75) is 52.9 Å². The average molecular weight is 370 g/mol. The van der Waals surface area contributed by atoms with Crippen molar-refractivity contribution in [3.05, 3.63) is 70.8 Å². The molecule has 2 unspecified atom stereocenters. The first kappa shape index (κ1) is 22.4. The number of hydrogen-bond donors (Lipinski definition) is 2. The van der Waals surface area contributed by atoms with E-state index in [0.29, 0.717) is 5.92 Å². The van der Waals surface area contributed by atoms with Gasteiger partial charge in [-0.1, -0.05) is 67.9 Å². The fraction of sp³-hybridized carbons (Fsp3) is 0.391. The molecular formula is C23H30O4. The summed E-state index contributed by atoms with van der Waals surface area (Å²) in [7, 11) is 0.